The summed E-state index contributed by atoms with van der Waals surface area (Å²) in [7, 11) is 0. The Hall–Kier alpha value is -1.45. The van der Waals surface area contributed by atoms with E-state index in [2.05, 4.69) is 19.6 Å². The highest BCUT2D eigenvalue weighted by atomic mass is 35.6. The number of ether oxygens (including phenoxy) is 2. The van der Waals surface area contributed by atoms with Gasteiger partial charge in [0.15, 0.2) is 0 Å². The maximum absolute atomic E-state index is 11.2. The molecule has 0 unspecified atom stereocenters. The first-order chi connectivity index (χ1) is 10.2. The highest BCUT2D eigenvalue weighted by Gasteiger charge is 2.33. The van der Waals surface area contributed by atoms with Crippen LogP contribution in [0.4, 0.5) is 9.59 Å². The zero-order chi connectivity index (χ0) is 16.8. The lowest BCUT2D eigenvalue weighted by molar-refractivity contribution is -0.177. The number of hydrogen-bond donors (Lipinski definition) is 1. The van der Waals surface area contributed by atoms with Crippen molar-refractivity contribution < 1.29 is 33.5 Å². The number of nitrogens with zero attached hydrogens (tertiary/aromatic N) is 1. The molecule has 1 fully saturated rings. The molecule has 0 aromatic heterocycles. The van der Waals surface area contributed by atoms with E-state index >= 15 is 0 Å². The number of halogens is 3. The Morgan fingerprint density at radius 1 is 1.14 bits per heavy atom. The number of nitrogens with one attached hydrogen (secondary N) is 1. The molecule has 1 aliphatic rings. The molecule has 1 aliphatic heterocycles. The summed E-state index contributed by atoms with van der Waals surface area (Å²) in [5.74, 6) is -1.26. The van der Waals surface area contributed by atoms with Gasteiger partial charge in [-0.3, -0.25) is 14.4 Å². The summed E-state index contributed by atoms with van der Waals surface area (Å²) in [6.07, 6.45) is -2.18. The van der Waals surface area contributed by atoms with E-state index in [9.17, 15) is 19.2 Å². The molecule has 9 nitrogen and oxygen atoms in total. The summed E-state index contributed by atoms with van der Waals surface area (Å²) < 4.78 is 7.35. The summed E-state index contributed by atoms with van der Waals surface area (Å²) in [4.78, 5) is 49.1. The number of rotatable bonds is 5. The van der Waals surface area contributed by atoms with Gasteiger partial charge in [-0.1, -0.05) is 39.9 Å². The van der Waals surface area contributed by atoms with Crippen molar-refractivity contribution in [2.75, 3.05) is 19.8 Å². The Bertz CT molecular complexity index is 450. The van der Waals surface area contributed by atoms with Crippen molar-refractivity contribution in [1.29, 1.82) is 0 Å². The molecule has 0 aromatic carbocycles. The number of amides is 3. The van der Waals surface area contributed by atoms with Gasteiger partial charge in [0.1, 0.15) is 13.2 Å². The van der Waals surface area contributed by atoms with Crippen LogP contribution in [0.3, 0.4) is 0 Å². The zero-order valence-corrected chi connectivity index (χ0v) is 13.2. The van der Waals surface area contributed by atoms with Gasteiger partial charge in [-0.05, 0) is 0 Å². The third-order valence-corrected chi connectivity index (χ3v) is 2.46. The predicted octanol–water partition coefficient (Wildman–Crippen LogP) is 1.30. The van der Waals surface area contributed by atoms with Crippen LogP contribution in [0.1, 0.15) is 12.8 Å². The Morgan fingerprint density at radius 3 is 2.27 bits per heavy atom. The van der Waals surface area contributed by atoms with Crippen LogP contribution in [0.25, 0.3) is 0 Å². The molecule has 1 rings (SSSR count). The summed E-state index contributed by atoms with van der Waals surface area (Å²) >= 11 is 16.1. The molecule has 0 radical (unpaired) electrons. The molecule has 1 heterocycles. The lowest BCUT2D eigenvalue weighted by Gasteiger charge is -2.13. The second-order valence-corrected chi connectivity index (χ2v) is 6.41. The molecule has 0 spiro atoms. The number of alkyl halides is 3. The largest absolute Gasteiger partial charge is 0.534 e. The highest BCUT2D eigenvalue weighted by Crippen LogP contribution is 2.25. The minimum atomic E-state index is -1.73. The van der Waals surface area contributed by atoms with Gasteiger partial charge in [-0.15, -0.1) is 0 Å². The fourth-order valence-electron chi connectivity index (χ4n) is 1.24. The van der Waals surface area contributed by atoms with E-state index in [1.54, 1.807) is 0 Å². The van der Waals surface area contributed by atoms with Crippen LogP contribution in [0.2, 0.25) is 0 Å². The first kappa shape index (κ1) is 18.6. The average Bonchev–Trinajstić information content (AvgIpc) is 2.72. The van der Waals surface area contributed by atoms with E-state index in [1.165, 1.54) is 0 Å². The van der Waals surface area contributed by atoms with Crippen molar-refractivity contribution in [3.63, 3.8) is 0 Å². The number of carbonyl (C=O) groups excluding carboxylic acids is 4. The molecule has 0 aliphatic carbocycles. The first-order valence-corrected chi connectivity index (χ1v) is 7.00. The van der Waals surface area contributed by atoms with E-state index < -0.39 is 34.5 Å². The first-order valence-electron chi connectivity index (χ1n) is 5.87. The fourth-order valence-corrected chi connectivity index (χ4v) is 1.41. The van der Waals surface area contributed by atoms with Crippen molar-refractivity contribution in [1.82, 2.24) is 10.4 Å². The van der Waals surface area contributed by atoms with Gasteiger partial charge in [0.05, 0.1) is 6.54 Å². The monoisotopic (exact) mass is 376 g/mol. The normalized spacial score (nSPS) is 14.8. The molecule has 0 aromatic rings. The molecule has 12 heteroatoms. The second kappa shape index (κ2) is 8.25. The minimum absolute atomic E-state index is 0.0251. The lowest BCUT2D eigenvalue weighted by Crippen LogP contribution is -2.34. The van der Waals surface area contributed by atoms with Gasteiger partial charge in [0.25, 0.3) is 11.8 Å². The van der Waals surface area contributed by atoms with Crippen LogP contribution in [0.5, 0.6) is 0 Å². The van der Waals surface area contributed by atoms with E-state index in [0.717, 1.165) is 0 Å². The van der Waals surface area contributed by atoms with Crippen molar-refractivity contribution in [3.05, 3.63) is 0 Å². The lowest BCUT2D eigenvalue weighted by atomic mass is 10.4. The number of alkyl carbamates (subject to hydrolysis) is 1. The van der Waals surface area contributed by atoms with E-state index in [4.69, 9.17) is 34.8 Å². The number of hydroxylamine groups is 2. The Morgan fingerprint density at radius 2 is 1.73 bits per heavy atom. The van der Waals surface area contributed by atoms with Gasteiger partial charge in [-0.25, -0.2) is 9.59 Å². The van der Waals surface area contributed by atoms with E-state index in [-0.39, 0.29) is 26.0 Å². The molecule has 124 valence electrons. The van der Waals surface area contributed by atoms with E-state index in [0.29, 0.717) is 5.06 Å². The molecular formula is C10H11Cl3N2O7. The summed E-state index contributed by atoms with van der Waals surface area (Å²) in [6.45, 7) is -0.848. The second-order valence-electron chi connectivity index (χ2n) is 3.89. The molecule has 0 atom stereocenters. The van der Waals surface area contributed by atoms with Crippen LogP contribution in [-0.2, 0) is 23.9 Å². The molecule has 0 saturated carbocycles. The molecule has 1 saturated heterocycles. The van der Waals surface area contributed by atoms with Crippen molar-refractivity contribution in [3.8, 4) is 0 Å². The number of imide groups is 1. The smallest absolute Gasteiger partial charge is 0.445 e. The third-order valence-electron chi connectivity index (χ3n) is 2.13. The topological polar surface area (TPSA) is 111 Å². The van der Waals surface area contributed by atoms with Crippen LogP contribution < -0.4 is 5.32 Å². The van der Waals surface area contributed by atoms with Crippen LogP contribution in [0, 0.1) is 0 Å². The Balaban J connectivity index is 2.14. The maximum atomic E-state index is 11.2. The van der Waals surface area contributed by atoms with Gasteiger partial charge in [-0.2, -0.15) is 0 Å². The fraction of sp³-hybridized carbons (Fsp3) is 0.600. The SMILES string of the molecule is O=C(NCCOC(=O)ON1C(=O)CCC1=O)OCC(Cl)(Cl)Cl. The Kier molecular flexibility index (Phi) is 6.98. The van der Waals surface area contributed by atoms with Gasteiger partial charge >= 0.3 is 12.2 Å². The third kappa shape index (κ3) is 7.01. The van der Waals surface area contributed by atoms with Gasteiger partial charge in [0, 0.05) is 12.8 Å². The summed E-state index contributed by atoms with van der Waals surface area (Å²) in [5, 5.41) is 2.54. The van der Waals surface area contributed by atoms with Crippen molar-refractivity contribution in [2.45, 2.75) is 16.6 Å². The van der Waals surface area contributed by atoms with Crippen molar-refractivity contribution in [2.24, 2.45) is 0 Å². The van der Waals surface area contributed by atoms with Crippen molar-refractivity contribution >= 4 is 58.9 Å². The average molecular weight is 378 g/mol. The number of carbonyl (C=O) groups is 4. The van der Waals surface area contributed by atoms with Crippen LogP contribution >= 0.6 is 34.8 Å². The molecular weight excluding hydrogens is 366 g/mol. The molecule has 3 amide bonds. The Labute approximate surface area is 139 Å². The predicted molar refractivity (Wildman–Crippen MR) is 73.2 cm³/mol. The zero-order valence-electron chi connectivity index (χ0n) is 11.0. The standard InChI is InChI=1S/C10H11Cl3N2O7/c11-10(12,13)5-21-8(18)14-3-4-20-9(19)22-15-6(16)1-2-7(15)17/h1-5H2,(H,14,18). The minimum Gasteiger partial charge on any atom is -0.445 e. The van der Waals surface area contributed by atoms with Crippen LogP contribution in [0.15, 0.2) is 0 Å². The summed E-state index contributed by atoms with van der Waals surface area (Å²) in [6, 6.07) is 0. The van der Waals surface area contributed by atoms with Gasteiger partial charge in [0.2, 0.25) is 3.79 Å². The maximum Gasteiger partial charge on any atom is 0.534 e. The summed E-state index contributed by atoms with van der Waals surface area (Å²) in [5.41, 5.74) is 0. The quantitative estimate of drug-likeness (QED) is 0.333. The van der Waals surface area contributed by atoms with Crippen LogP contribution in [-0.4, -0.2) is 52.7 Å². The number of hydrogen-bond acceptors (Lipinski definition) is 7. The molecule has 0 bridgehead atoms. The molecule has 22 heavy (non-hydrogen) atoms. The van der Waals surface area contributed by atoms with Gasteiger partial charge < -0.3 is 14.8 Å². The highest BCUT2D eigenvalue weighted by molar-refractivity contribution is 6.67. The molecule has 1 N–H and O–H groups in total. The van der Waals surface area contributed by atoms with E-state index in [1.807, 2.05) is 0 Å².